The first-order valence-electron chi connectivity index (χ1n) is 7.92. The fourth-order valence-electron chi connectivity index (χ4n) is 2.11. The number of guanidine groups is 1. The molecular weight excluding hydrogens is 400 g/mol. The molecule has 0 aliphatic carbocycles. The number of nitrogens with zero attached hydrogens (tertiary/aromatic N) is 3. The normalized spacial score (nSPS) is 11.3. The molecule has 5 nitrogen and oxygen atoms in total. The van der Waals surface area contributed by atoms with E-state index < -0.39 is 0 Å². The van der Waals surface area contributed by atoms with Crippen LogP contribution in [0.3, 0.4) is 0 Å². The molecule has 1 N–H and O–H groups in total. The van der Waals surface area contributed by atoms with E-state index in [1.54, 1.807) is 30.3 Å². The maximum Gasteiger partial charge on any atom is 0.243 e. The number of rotatable bonds is 6. The van der Waals surface area contributed by atoms with Crippen molar-refractivity contribution in [2.45, 2.75) is 13.1 Å². The van der Waals surface area contributed by atoms with Crippen LogP contribution in [0.2, 0.25) is 0 Å². The summed E-state index contributed by atoms with van der Waals surface area (Å²) < 4.78 is 1.06. The Bertz CT molecular complexity index is 698. The summed E-state index contributed by atoms with van der Waals surface area (Å²) in [6.45, 7) is 1.53. The van der Waals surface area contributed by atoms with Crippen LogP contribution < -0.4 is 5.32 Å². The molecular formula is C18H23BrN4OS. The molecule has 1 aromatic carbocycles. The van der Waals surface area contributed by atoms with E-state index in [9.17, 15) is 4.79 Å². The zero-order chi connectivity index (χ0) is 18.2. The number of aliphatic imine (C=N–C) groups is 1. The van der Waals surface area contributed by atoms with Gasteiger partial charge in [-0.2, -0.15) is 0 Å². The number of hydrogen-bond donors (Lipinski definition) is 1. The van der Waals surface area contributed by atoms with Gasteiger partial charge < -0.3 is 15.1 Å². The monoisotopic (exact) mass is 422 g/mol. The molecule has 0 saturated heterocycles. The van der Waals surface area contributed by atoms with Gasteiger partial charge in [0, 0.05) is 37.0 Å². The molecule has 134 valence electrons. The summed E-state index contributed by atoms with van der Waals surface area (Å²) in [6.07, 6.45) is 0. The average molecular weight is 423 g/mol. The van der Waals surface area contributed by atoms with Crippen molar-refractivity contribution in [3.8, 4) is 0 Å². The molecule has 25 heavy (non-hydrogen) atoms. The second-order valence-electron chi connectivity index (χ2n) is 5.84. The van der Waals surface area contributed by atoms with E-state index in [0.717, 1.165) is 4.47 Å². The van der Waals surface area contributed by atoms with Crippen LogP contribution in [0, 0.1) is 0 Å². The summed E-state index contributed by atoms with van der Waals surface area (Å²) in [5, 5.41) is 5.40. The van der Waals surface area contributed by atoms with Crippen LogP contribution in [0.5, 0.6) is 0 Å². The van der Waals surface area contributed by atoms with Crippen LogP contribution in [0.25, 0.3) is 0 Å². The molecule has 7 heteroatoms. The minimum atomic E-state index is -0.0209. The van der Waals surface area contributed by atoms with Crippen molar-refractivity contribution in [1.29, 1.82) is 0 Å². The van der Waals surface area contributed by atoms with Crippen molar-refractivity contribution in [3.63, 3.8) is 0 Å². The zero-order valence-electron chi connectivity index (χ0n) is 14.7. The Kier molecular flexibility index (Phi) is 7.46. The maximum atomic E-state index is 11.9. The maximum absolute atomic E-state index is 11.9. The van der Waals surface area contributed by atoms with Gasteiger partial charge in [0.15, 0.2) is 5.96 Å². The topological polar surface area (TPSA) is 47.9 Å². The molecule has 2 rings (SSSR count). The van der Waals surface area contributed by atoms with Crippen molar-refractivity contribution in [2.24, 2.45) is 4.99 Å². The van der Waals surface area contributed by atoms with Crippen LogP contribution in [0.15, 0.2) is 51.2 Å². The van der Waals surface area contributed by atoms with Crippen LogP contribution in [-0.4, -0.2) is 49.4 Å². The lowest BCUT2D eigenvalue weighted by Crippen LogP contribution is -2.39. The molecule has 0 spiro atoms. The van der Waals surface area contributed by atoms with Crippen molar-refractivity contribution in [3.05, 3.63) is 56.7 Å². The van der Waals surface area contributed by atoms with Gasteiger partial charge in [-0.3, -0.25) is 4.79 Å². The van der Waals surface area contributed by atoms with Gasteiger partial charge in [0.05, 0.1) is 6.54 Å². The SMILES string of the molecule is CN(C)C(=O)CN=C(NCc1cccs1)N(C)Cc1ccc(Br)cc1. The molecule has 0 radical (unpaired) electrons. The standard InChI is InChI=1S/C18H23BrN4OS/c1-22(2)17(24)12-21-18(20-11-16-5-4-10-25-16)23(3)13-14-6-8-15(19)9-7-14/h4-10H,11-13H2,1-3H3,(H,20,21). The van der Waals surface area contributed by atoms with Gasteiger partial charge in [0.25, 0.3) is 0 Å². The molecule has 0 fully saturated rings. The summed E-state index contributed by atoms with van der Waals surface area (Å²) in [6, 6.07) is 12.3. The van der Waals surface area contributed by atoms with Crippen LogP contribution in [0.1, 0.15) is 10.4 Å². The Balaban J connectivity index is 2.06. The highest BCUT2D eigenvalue weighted by Gasteiger charge is 2.10. The molecule has 2 aromatic rings. The fourth-order valence-corrected chi connectivity index (χ4v) is 3.02. The Morgan fingerprint density at radius 2 is 1.92 bits per heavy atom. The number of likely N-dealkylation sites (N-methyl/N-ethyl adjacent to an activating group) is 1. The molecule has 1 aromatic heterocycles. The first kappa shape index (κ1) is 19.5. The van der Waals surface area contributed by atoms with Crippen molar-refractivity contribution in [2.75, 3.05) is 27.7 Å². The third kappa shape index (κ3) is 6.51. The van der Waals surface area contributed by atoms with Gasteiger partial charge in [0.1, 0.15) is 6.54 Å². The predicted molar refractivity (Wildman–Crippen MR) is 108 cm³/mol. The third-order valence-corrected chi connectivity index (χ3v) is 4.96. The summed E-state index contributed by atoms with van der Waals surface area (Å²) in [7, 11) is 5.45. The number of hydrogen-bond acceptors (Lipinski definition) is 3. The van der Waals surface area contributed by atoms with Gasteiger partial charge in [-0.1, -0.05) is 34.1 Å². The smallest absolute Gasteiger partial charge is 0.243 e. The molecule has 0 aliphatic heterocycles. The Hall–Kier alpha value is -1.86. The highest BCUT2D eigenvalue weighted by atomic mass is 79.9. The lowest BCUT2D eigenvalue weighted by molar-refractivity contribution is -0.127. The molecule has 1 heterocycles. The van der Waals surface area contributed by atoms with Crippen molar-refractivity contribution < 1.29 is 4.79 Å². The van der Waals surface area contributed by atoms with E-state index in [0.29, 0.717) is 19.0 Å². The molecule has 0 atom stereocenters. The van der Waals surface area contributed by atoms with Crippen LogP contribution in [-0.2, 0) is 17.9 Å². The van der Waals surface area contributed by atoms with E-state index >= 15 is 0 Å². The van der Waals surface area contributed by atoms with Crippen LogP contribution >= 0.6 is 27.3 Å². The molecule has 0 aliphatic rings. The Labute approximate surface area is 161 Å². The third-order valence-electron chi connectivity index (χ3n) is 3.56. The Morgan fingerprint density at radius 3 is 2.52 bits per heavy atom. The van der Waals surface area contributed by atoms with Gasteiger partial charge in [-0.05, 0) is 29.1 Å². The number of benzene rings is 1. The second kappa shape index (κ2) is 9.58. The zero-order valence-corrected chi connectivity index (χ0v) is 17.1. The summed E-state index contributed by atoms with van der Waals surface area (Å²) in [5.74, 6) is 0.694. The molecule has 0 unspecified atom stereocenters. The number of amides is 1. The first-order chi connectivity index (χ1) is 12.0. The average Bonchev–Trinajstić information content (AvgIpc) is 3.10. The van der Waals surface area contributed by atoms with Crippen molar-refractivity contribution >= 4 is 39.1 Å². The number of carbonyl (C=O) groups excluding carboxylic acids is 1. The molecule has 0 bridgehead atoms. The van der Waals surface area contributed by atoms with Gasteiger partial charge in [-0.15, -0.1) is 11.3 Å². The number of nitrogens with one attached hydrogen (secondary N) is 1. The largest absolute Gasteiger partial charge is 0.351 e. The number of thiophene rings is 1. The lowest BCUT2D eigenvalue weighted by Gasteiger charge is -2.23. The first-order valence-corrected chi connectivity index (χ1v) is 9.59. The second-order valence-corrected chi connectivity index (χ2v) is 7.79. The van der Waals surface area contributed by atoms with E-state index in [4.69, 9.17) is 0 Å². The number of carbonyl (C=O) groups is 1. The highest BCUT2D eigenvalue weighted by molar-refractivity contribution is 9.10. The Morgan fingerprint density at radius 1 is 1.20 bits per heavy atom. The quantitative estimate of drug-likeness (QED) is 0.574. The fraction of sp³-hybridized carbons (Fsp3) is 0.333. The van der Waals surface area contributed by atoms with E-state index in [1.165, 1.54) is 10.4 Å². The summed E-state index contributed by atoms with van der Waals surface area (Å²) in [4.78, 5) is 21.2. The predicted octanol–water partition coefficient (Wildman–Crippen LogP) is 3.18. The number of halogens is 1. The van der Waals surface area contributed by atoms with E-state index in [2.05, 4.69) is 49.8 Å². The minimum Gasteiger partial charge on any atom is -0.351 e. The highest BCUT2D eigenvalue weighted by Crippen LogP contribution is 2.12. The molecule has 0 saturated carbocycles. The van der Waals surface area contributed by atoms with Crippen LogP contribution in [0.4, 0.5) is 0 Å². The summed E-state index contributed by atoms with van der Waals surface area (Å²) >= 11 is 5.15. The minimum absolute atomic E-state index is 0.0209. The van der Waals surface area contributed by atoms with Crippen molar-refractivity contribution in [1.82, 2.24) is 15.1 Å². The summed E-state index contributed by atoms with van der Waals surface area (Å²) in [5.41, 5.74) is 1.18. The lowest BCUT2D eigenvalue weighted by atomic mass is 10.2. The van der Waals surface area contributed by atoms with Gasteiger partial charge >= 0.3 is 0 Å². The van der Waals surface area contributed by atoms with Gasteiger partial charge in [0.2, 0.25) is 5.91 Å². The molecule has 1 amide bonds. The van der Waals surface area contributed by atoms with E-state index in [1.807, 2.05) is 30.1 Å². The van der Waals surface area contributed by atoms with Gasteiger partial charge in [-0.25, -0.2) is 4.99 Å². The van der Waals surface area contributed by atoms with E-state index in [-0.39, 0.29) is 12.5 Å².